The van der Waals surface area contributed by atoms with Crippen molar-refractivity contribution in [2.24, 2.45) is 0 Å². The number of hydrogen-bond acceptors (Lipinski definition) is 7. The minimum absolute atomic E-state index is 0.0671. The minimum Gasteiger partial charge on any atom is -0.508 e. The lowest BCUT2D eigenvalue weighted by Crippen LogP contribution is -2.52. The van der Waals surface area contributed by atoms with Crippen molar-refractivity contribution >= 4 is 35.2 Å². The third-order valence-corrected chi connectivity index (χ3v) is 12.6. The number of benzene rings is 4. The van der Waals surface area contributed by atoms with Crippen molar-refractivity contribution in [1.29, 1.82) is 0 Å². The zero-order valence-corrected chi connectivity index (χ0v) is 34.0. The van der Waals surface area contributed by atoms with Crippen LogP contribution in [0.1, 0.15) is 61.5 Å². The maximum Gasteiger partial charge on any atom is 0.415 e. The van der Waals surface area contributed by atoms with Gasteiger partial charge in [-0.1, -0.05) is 35.9 Å². The molecule has 0 unspecified atom stereocenters. The van der Waals surface area contributed by atoms with E-state index in [9.17, 15) is 14.7 Å². The van der Waals surface area contributed by atoms with Gasteiger partial charge < -0.3 is 33.8 Å². The summed E-state index contributed by atoms with van der Waals surface area (Å²) in [6, 6.07) is 27.8. The van der Waals surface area contributed by atoms with Crippen LogP contribution in [0.3, 0.4) is 0 Å². The molecule has 1 fully saturated rings. The summed E-state index contributed by atoms with van der Waals surface area (Å²) in [5.74, 6) is 0.324. The number of amides is 3. The van der Waals surface area contributed by atoms with Crippen molar-refractivity contribution in [1.82, 2.24) is 19.3 Å². The predicted octanol–water partition coefficient (Wildman–Crippen LogP) is 7.58. The SMILES string of the molecule is CN(C(=O)c1cc(-c2cc3c(cc2C(=O)N2Cc4ccccc4C[C@H]2CN2CCOCC2)CN(C(=O)Oc2ccc(Cl)cc2)CC3)n2c1CCCC2)c1ccc(O)cc1. The summed E-state index contributed by atoms with van der Waals surface area (Å²) in [6.45, 7) is 5.66. The largest absolute Gasteiger partial charge is 0.508 e. The number of aromatic hydroxyl groups is 1. The number of ether oxygens (including phenoxy) is 2. The average Bonchev–Trinajstić information content (AvgIpc) is 3.65. The number of nitrogens with zero attached hydrogens (tertiary/aromatic N) is 5. The molecule has 0 saturated carbocycles. The fourth-order valence-electron chi connectivity index (χ4n) is 9.11. The fraction of sp³-hybridized carbons (Fsp3) is 0.340. The van der Waals surface area contributed by atoms with Crippen LogP contribution in [0.4, 0.5) is 10.5 Å². The van der Waals surface area contributed by atoms with Gasteiger partial charge in [-0.25, -0.2) is 4.79 Å². The summed E-state index contributed by atoms with van der Waals surface area (Å²) in [6.07, 6.45) is 3.52. The van der Waals surface area contributed by atoms with E-state index < -0.39 is 6.09 Å². The molecule has 0 radical (unpaired) electrons. The summed E-state index contributed by atoms with van der Waals surface area (Å²) in [7, 11) is 1.75. The Kier molecular flexibility index (Phi) is 10.9. The van der Waals surface area contributed by atoms with Crippen LogP contribution in [0.2, 0.25) is 5.02 Å². The van der Waals surface area contributed by atoms with Crippen molar-refractivity contribution in [2.45, 2.75) is 57.8 Å². The lowest BCUT2D eigenvalue weighted by atomic mass is 9.89. The minimum atomic E-state index is -0.463. The molecule has 1 aromatic heterocycles. The first-order chi connectivity index (χ1) is 28.7. The monoisotopic (exact) mass is 813 g/mol. The van der Waals surface area contributed by atoms with E-state index in [1.54, 1.807) is 65.4 Å². The zero-order valence-electron chi connectivity index (χ0n) is 33.2. The summed E-state index contributed by atoms with van der Waals surface area (Å²) in [4.78, 5) is 51.1. The Bertz CT molecular complexity index is 2390. The van der Waals surface area contributed by atoms with Crippen molar-refractivity contribution in [2.75, 3.05) is 51.3 Å². The van der Waals surface area contributed by atoms with Gasteiger partial charge in [0.05, 0.1) is 18.8 Å². The zero-order chi connectivity index (χ0) is 40.6. The molecule has 1 N–H and O–H groups in total. The van der Waals surface area contributed by atoms with Gasteiger partial charge in [-0.15, -0.1) is 0 Å². The van der Waals surface area contributed by atoms with Gasteiger partial charge in [-0.05, 0) is 121 Å². The quantitative estimate of drug-likeness (QED) is 0.181. The predicted molar refractivity (Wildman–Crippen MR) is 226 cm³/mol. The van der Waals surface area contributed by atoms with Gasteiger partial charge in [-0.3, -0.25) is 14.5 Å². The number of fused-ring (bicyclic) bond motifs is 3. The molecule has 4 aliphatic heterocycles. The summed E-state index contributed by atoms with van der Waals surface area (Å²) in [5, 5.41) is 10.5. The highest BCUT2D eigenvalue weighted by molar-refractivity contribution is 6.30. The lowest BCUT2D eigenvalue weighted by molar-refractivity contribution is 0.0193. The molecule has 12 heteroatoms. The van der Waals surface area contributed by atoms with Crippen LogP contribution in [-0.4, -0.2) is 94.8 Å². The van der Waals surface area contributed by atoms with Crippen molar-refractivity contribution in [3.05, 3.63) is 135 Å². The highest BCUT2D eigenvalue weighted by atomic mass is 35.5. The summed E-state index contributed by atoms with van der Waals surface area (Å²) in [5.41, 5.74) is 8.80. The smallest absolute Gasteiger partial charge is 0.415 e. The maximum absolute atomic E-state index is 15.5. The van der Waals surface area contributed by atoms with E-state index in [0.717, 1.165) is 85.5 Å². The van der Waals surface area contributed by atoms with E-state index in [1.807, 2.05) is 23.1 Å². The standard InChI is InChI=1S/C47H48ClN5O6/c1-49(36-11-13-38(54)14-12-36)45(55)42-27-44(52-18-5-4-8-43(42)52)40-25-32-17-19-51(47(57)59-39-15-9-35(48)10-16-39)28-34(32)26-41(40)46(56)53-29-33-7-3-2-6-31(33)24-37(53)30-50-20-22-58-23-21-50/h2-3,6-7,9-16,25-27,37,54H,4-5,8,17-24,28-30H2,1H3/t37-/m0/s1. The normalized spacial score (nSPS) is 17.8. The molecule has 0 spiro atoms. The number of phenols is 1. The van der Waals surface area contributed by atoms with Crippen LogP contribution < -0.4 is 9.64 Å². The number of aromatic nitrogens is 1. The molecule has 59 heavy (non-hydrogen) atoms. The van der Waals surface area contributed by atoms with Crippen LogP contribution in [-0.2, 0) is 43.6 Å². The Hall–Kier alpha value is -5.62. The van der Waals surface area contributed by atoms with E-state index in [1.165, 1.54) is 5.56 Å². The number of phenolic OH excluding ortho intramolecular Hbond substituents is 1. The molecule has 304 valence electrons. The first kappa shape index (κ1) is 38.9. The third-order valence-electron chi connectivity index (χ3n) is 12.4. The van der Waals surface area contributed by atoms with Crippen LogP contribution in [0.15, 0.2) is 91.0 Å². The molecular weight excluding hydrogens is 766 g/mol. The number of rotatable bonds is 7. The molecule has 4 aromatic carbocycles. The van der Waals surface area contributed by atoms with Crippen molar-refractivity contribution in [3.63, 3.8) is 0 Å². The van der Waals surface area contributed by atoms with Crippen molar-refractivity contribution < 1.29 is 29.0 Å². The van der Waals surface area contributed by atoms with Gasteiger partial charge in [0, 0.05) is 92.1 Å². The second-order valence-corrected chi connectivity index (χ2v) is 16.4. The Balaban J connectivity index is 1.12. The Morgan fingerprint density at radius 3 is 2.36 bits per heavy atom. The van der Waals surface area contributed by atoms with E-state index >= 15 is 4.79 Å². The fourth-order valence-corrected chi connectivity index (χ4v) is 9.23. The third kappa shape index (κ3) is 7.94. The topological polar surface area (TPSA) is 108 Å². The van der Waals surface area contributed by atoms with Crippen LogP contribution in [0, 0.1) is 0 Å². The van der Waals surface area contributed by atoms with Gasteiger partial charge >= 0.3 is 6.09 Å². The number of carbonyl (C=O) groups is 3. The van der Waals surface area contributed by atoms with Crippen LogP contribution >= 0.6 is 11.6 Å². The number of morpholine rings is 1. The Morgan fingerprint density at radius 2 is 1.58 bits per heavy atom. The van der Waals surface area contributed by atoms with E-state index in [2.05, 4.69) is 33.7 Å². The van der Waals surface area contributed by atoms with Gasteiger partial charge in [0.2, 0.25) is 0 Å². The molecule has 4 aliphatic rings. The maximum atomic E-state index is 15.5. The first-order valence-electron chi connectivity index (χ1n) is 20.6. The molecule has 0 bridgehead atoms. The molecule has 1 saturated heterocycles. The molecule has 11 nitrogen and oxygen atoms in total. The highest BCUT2D eigenvalue weighted by Gasteiger charge is 2.36. The molecular formula is C47H48ClN5O6. The average molecular weight is 814 g/mol. The van der Waals surface area contributed by atoms with Gasteiger partial charge in [0.15, 0.2) is 0 Å². The molecule has 1 atom stereocenters. The van der Waals surface area contributed by atoms with Gasteiger partial charge in [0.1, 0.15) is 11.5 Å². The van der Waals surface area contributed by atoms with E-state index in [0.29, 0.717) is 60.3 Å². The van der Waals surface area contributed by atoms with Gasteiger partial charge in [0.25, 0.3) is 11.8 Å². The highest BCUT2D eigenvalue weighted by Crippen LogP contribution is 2.38. The van der Waals surface area contributed by atoms with Crippen molar-refractivity contribution in [3.8, 4) is 22.8 Å². The molecule has 3 amide bonds. The number of halogens is 1. The number of carbonyl (C=O) groups excluding carboxylic acids is 3. The molecule has 0 aliphatic carbocycles. The Morgan fingerprint density at radius 1 is 0.814 bits per heavy atom. The van der Waals surface area contributed by atoms with E-state index in [-0.39, 0.29) is 30.2 Å². The second-order valence-electron chi connectivity index (χ2n) is 16.0. The van der Waals surface area contributed by atoms with Gasteiger partial charge in [-0.2, -0.15) is 0 Å². The summed E-state index contributed by atoms with van der Waals surface area (Å²) >= 11 is 6.07. The van der Waals surface area contributed by atoms with E-state index in [4.69, 9.17) is 21.1 Å². The molecule has 5 heterocycles. The number of hydrogen-bond donors (Lipinski definition) is 1. The van der Waals surface area contributed by atoms with Crippen LogP contribution in [0.5, 0.6) is 11.5 Å². The molecule has 5 aromatic rings. The molecule has 9 rings (SSSR count). The van der Waals surface area contributed by atoms with Crippen LogP contribution in [0.25, 0.3) is 11.3 Å². The number of anilines is 1. The first-order valence-corrected chi connectivity index (χ1v) is 20.9. The summed E-state index contributed by atoms with van der Waals surface area (Å²) < 4.78 is 13.7. The Labute approximate surface area is 349 Å². The lowest BCUT2D eigenvalue weighted by Gasteiger charge is -2.41. The second kappa shape index (κ2) is 16.6.